The standard InChI is InChI=1S/C15H22O2/c1-11(2)4-3-5-15(16)12-6-7-13-9-17-10-14(13)8-12/h6-8,11,15-16H,3-5,9-10H2,1-2H3. The summed E-state index contributed by atoms with van der Waals surface area (Å²) in [6.45, 7) is 5.86. The second-order valence-electron chi connectivity index (χ2n) is 5.36. The Balaban J connectivity index is 1.92. The minimum atomic E-state index is -0.320. The molecule has 0 saturated heterocycles. The maximum atomic E-state index is 10.1. The van der Waals surface area contributed by atoms with Crippen molar-refractivity contribution in [2.75, 3.05) is 0 Å². The summed E-state index contributed by atoms with van der Waals surface area (Å²) in [6, 6.07) is 6.22. The minimum Gasteiger partial charge on any atom is -0.388 e. The van der Waals surface area contributed by atoms with E-state index in [-0.39, 0.29) is 6.10 Å². The van der Waals surface area contributed by atoms with Crippen LogP contribution < -0.4 is 0 Å². The van der Waals surface area contributed by atoms with E-state index >= 15 is 0 Å². The van der Waals surface area contributed by atoms with E-state index in [2.05, 4.69) is 26.0 Å². The van der Waals surface area contributed by atoms with Gasteiger partial charge < -0.3 is 9.84 Å². The molecule has 2 rings (SSSR count). The highest BCUT2D eigenvalue weighted by Gasteiger charge is 2.14. The number of fused-ring (bicyclic) bond motifs is 1. The van der Waals surface area contributed by atoms with Crippen molar-refractivity contribution in [1.29, 1.82) is 0 Å². The molecule has 0 spiro atoms. The summed E-state index contributed by atoms with van der Waals surface area (Å²) < 4.78 is 5.38. The van der Waals surface area contributed by atoms with Crippen molar-refractivity contribution in [3.8, 4) is 0 Å². The fraction of sp³-hybridized carbons (Fsp3) is 0.600. The van der Waals surface area contributed by atoms with Gasteiger partial charge in [-0.2, -0.15) is 0 Å². The van der Waals surface area contributed by atoms with E-state index in [1.807, 2.05) is 6.07 Å². The molecule has 94 valence electrons. The maximum Gasteiger partial charge on any atom is 0.0790 e. The zero-order chi connectivity index (χ0) is 12.3. The molecule has 0 amide bonds. The molecule has 0 aromatic heterocycles. The number of rotatable bonds is 5. The molecule has 0 radical (unpaired) electrons. The zero-order valence-corrected chi connectivity index (χ0v) is 10.8. The zero-order valence-electron chi connectivity index (χ0n) is 10.8. The molecule has 0 fully saturated rings. The van der Waals surface area contributed by atoms with Gasteiger partial charge >= 0.3 is 0 Å². The third-order valence-corrected chi connectivity index (χ3v) is 3.39. The van der Waals surface area contributed by atoms with E-state index in [0.29, 0.717) is 6.61 Å². The minimum absolute atomic E-state index is 0.320. The van der Waals surface area contributed by atoms with Crippen LogP contribution in [0.4, 0.5) is 0 Å². The van der Waals surface area contributed by atoms with Crippen molar-refractivity contribution >= 4 is 0 Å². The van der Waals surface area contributed by atoms with Gasteiger partial charge in [0.15, 0.2) is 0 Å². The van der Waals surface area contributed by atoms with Crippen LogP contribution >= 0.6 is 0 Å². The summed E-state index contributed by atoms with van der Waals surface area (Å²) in [5.41, 5.74) is 3.55. The maximum absolute atomic E-state index is 10.1. The summed E-state index contributed by atoms with van der Waals surface area (Å²) in [6.07, 6.45) is 2.81. The van der Waals surface area contributed by atoms with E-state index in [4.69, 9.17) is 4.74 Å². The van der Waals surface area contributed by atoms with Crippen molar-refractivity contribution in [1.82, 2.24) is 0 Å². The number of aliphatic hydroxyl groups excluding tert-OH is 1. The molecule has 2 heteroatoms. The molecule has 1 atom stereocenters. The Morgan fingerprint density at radius 3 is 2.71 bits per heavy atom. The Kier molecular flexibility index (Phi) is 4.19. The number of ether oxygens (including phenoxy) is 1. The van der Waals surface area contributed by atoms with Gasteiger partial charge in [-0.15, -0.1) is 0 Å². The first kappa shape index (κ1) is 12.6. The van der Waals surface area contributed by atoms with Gasteiger partial charge in [0.2, 0.25) is 0 Å². The molecule has 1 unspecified atom stereocenters. The van der Waals surface area contributed by atoms with E-state index in [0.717, 1.165) is 30.9 Å². The van der Waals surface area contributed by atoms with Gasteiger partial charge in [-0.05, 0) is 29.0 Å². The van der Waals surface area contributed by atoms with Crippen molar-refractivity contribution in [3.05, 3.63) is 34.9 Å². The highest BCUT2D eigenvalue weighted by Crippen LogP contribution is 2.26. The third kappa shape index (κ3) is 3.30. The van der Waals surface area contributed by atoms with Crippen molar-refractivity contribution in [2.24, 2.45) is 5.92 Å². The Morgan fingerprint density at radius 2 is 1.94 bits per heavy atom. The third-order valence-electron chi connectivity index (χ3n) is 3.39. The monoisotopic (exact) mass is 234 g/mol. The van der Waals surface area contributed by atoms with Gasteiger partial charge in [-0.1, -0.05) is 44.9 Å². The number of aliphatic hydroxyl groups is 1. The van der Waals surface area contributed by atoms with Crippen LogP contribution in [0.25, 0.3) is 0 Å². The van der Waals surface area contributed by atoms with Gasteiger partial charge in [0, 0.05) is 0 Å². The van der Waals surface area contributed by atoms with Crippen LogP contribution in [0.2, 0.25) is 0 Å². The molecular weight excluding hydrogens is 212 g/mol. The lowest BCUT2D eigenvalue weighted by Gasteiger charge is -2.13. The first-order valence-electron chi connectivity index (χ1n) is 6.54. The van der Waals surface area contributed by atoms with Gasteiger partial charge in [-0.25, -0.2) is 0 Å². The average molecular weight is 234 g/mol. The second-order valence-corrected chi connectivity index (χ2v) is 5.36. The number of benzene rings is 1. The predicted molar refractivity (Wildman–Crippen MR) is 68.6 cm³/mol. The van der Waals surface area contributed by atoms with E-state index in [1.165, 1.54) is 17.5 Å². The molecule has 1 aromatic rings. The molecule has 1 aliphatic rings. The average Bonchev–Trinajstić information content (AvgIpc) is 2.75. The topological polar surface area (TPSA) is 29.5 Å². The Morgan fingerprint density at radius 1 is 1.18 bits per heavy atom. The fourth-order valence-corrected chi connectivity index (χ4v) is 2.29. The normalized spacial score (nSPS) is 16.2. The smallest absolute Gasteiger partial charge is 0.0790 e. The van der Waals surface area contributed by atoms with Crippen LogP contribution in [0.1, 0.15) is 55.9 Å². The number of hydrogen-bond donors (Lipinski definition) is 1. The molecule has 17 heavy (non-hydrogen) atoms. The summed E-state index contributed by atoms with van der Waals surface area (Å²) in [5.74, 6) is 0.718. The molecule has 1 N–H and O–H groups in total. The molecule has 0 aliphatic carbocycles. The van der Waals surface area contributed by atoms with Crippen LogP contribution in [-0.2, 0) is 18.0 Å². The highest BCUT2D eigenvalue weighted by molar-refractivity contribution is 5.34. The van der Waals surface area contributed by atoms with Crippen molar-refractivity contribution in [2.45, 2.75) is 52.4 Å². The SMILES string of the molecule is CC(C)CCCC(O)c1ccc2c(c1)COC2. The van der Waals surface area contributed by atoms with Crippen molar-refractivity contribution in [3.63, 3.8) is 0 Å². The van der Waals surface area contributed by atoms with Crippen LogP contribution in [-0.4, -0.2) is 5.11 Å². The largest absolute Gasteiger partial charge is 0.388 e. The van der Waals surface area contributed by atoms with Gasteiger partial charge in [0.05, 0.1) is 19.3 Å². The van der Waals surface area contributed by atoms with Crippen LogP contribution in [0.15, 0.2) is 18.2 Å². The van der Waals surface area contributed by atoms with Crippen LogP contribution in [0.5, 0.6) is 0 Å². The van der Waals surface area contributed by atoms with E-state index < -0.39 is 0 Å². The number of hydrogen-bond acceptors (Lipinski definition) is 2. The molecule has 2 nitrogen and oxygen atoms in total. The van der Waals surface area contributed by atoms with Gasteiger partial charge in [-0.3, -0.25) is 0 Å². The molecule has 0 saturated carbocycles. The summed E-state index contributed by atoms with van der Waals surface area (Å²) in [7, 11) is 0. The highest BCUT2D eigenvalue weighted by atomic mass is 16.5. The first-order valence-corrected chi connectivity index (χ1v) is 6.54. The summed E-state index contributed by atoms with van der Waals surface area (Å²) >= 11 is 0. The quantitative estimate of drug-likeness (QED) is 0.843. The van der Waals surface area contributed by atoms with Crippen LogP contribution in [0.3, 0.4) is 0 Å². The molecule has 1 aliphatic heterocycles. The lowest BCUT2D eigenvalue weighted by atomic mass is 9.97. The predicted octanol–water partition coefficient (Wildman–Crippen LogP) is 3.58. The van der Waals surface area contributed by atoms with E-state index in [9.17, 15) is 5.11 Å². The Bertz CT molecular complexity index is 371. The summed E-state index contributed by atoms with van der Waals surface area (Å²) in [5, 5.41) is 10.1. The lowest BCUT2D eigenvalue weighted by Crippen LogP contribution is -2.00. The Labute approximate surface area is 104 Å². The molecule has 1 aromatic carbocycles. The second kappa shape index (κ2) is 5.65. The molecular formula is C15H22O2. The van der Waals surface area contributed by atoms with Gasteiger partial charge in [0.1, 0.15) is 0 Å². The van der Waals surface area contributed by atoms with Crippen LogP contribution in [0, 0.1) is 5.92 Å². The van der Waals surface area contributed by atoms with Gasteiger partial charge in [0.25, 0.3) is 0 Å². The molecule has 1 heterocycles. The first-order chi connectivity index (χ1) is 8.16. The Hall–Kier alpha value is -0.860. The van der Waals surface area contributed by atoms with E-state index in [1.54, 1.807) is 0 Å². The fourth-order valence-electron chi connectivity index (χ4n) is 2.29. The summed E-state index contributed by atoms with van der Waals surface area (Å²) in [4.78, 5) is 0. The molecule has 0 bridgehead atoms. The lowest BCUT2D eigenvalue weighted by molar-refractivity contribution is 0.134. The van der Waals surface area contributed by atoms with Crippen molar-refractivity contribution < 1.29 is 9.84 Å².